The predicted octanol–water partition coefficient (Wildman–Crippen LogP) is 2.38. The van der Waals surface area contributed by atoms with E-state index in [1.54, 1.807) is 7.11 Å². The summed E-state index contributed by atoms with van der Waals surface area (Å²) in [4.78, 5) is 16.4. The second kappa shape index (κ2) is 6.52. The number of carbonyl (C=O) groups excluding carboxylic acids is 1. The van der Waals surface area contributed by atoms with Gasteiger partial charge >= 0.3 is 0 Å². The molecule has 5 nitrogen and oxygen atoms in total. The molecule has 1 aromatic heterocycles. The molecule has 0 aliphatic rings. The number of fused-ring (bicyclic) bond motifs is 1. The second-order valence-corrected chi connectivity index (χ2v) is 5.05. The Labute approximate surface area is 118 Å². The molecule has 1 amide bonds. The maximum atomic E-state index is 12.0. The summed E-state index contributed by atoms with van der Waals surface area (Å²) in [5.74, 6) is -0.0675. The van der Waals surface area contributed by atoms with E-state index in [1.165, 1.54) is 0 Å². The molecule has 1 N–H and O–H groups in total. The van der Waals surface area contributed by atoms with Gasteiger partial charge in [0, 0.05) is 31.9 Å². The van der Waals surface area contributed by atoms with Gasteiger partial charge in [0.25, 0.3) is 5.91 Å². The van der Waals surface area contributed by atoms with Crippen LogP contribution in [0.1, 0.15) is 36.7 Å². The van der Waals surface area contributed by atoms with Gasteiger partial charge in [0.05, 0.1) is 17.4 Å². The van der Waals surface area contributed by atoms with Gasteiger partial charge in [-0.05, 0) is 38.5 Å². The number of hydrogen-bond donors (Lipinski definition) is 1. The van der Waals surface area contributed by atoms with Crippen molar-refractivity contribution in [3.8, 4) is 0 Å². The van der Waals surface area contributed by atoms with E-state index in [1.807, 2.05) is 24.5 Å². The highest BCUT2D eigenvalue weighted by atomic mass is 16.5. The van der Waals surface area contributed by atoms with Crippen LogP contribution in [0, 0.1) is 0 Å². The van der Waals surface area contributed by atoms with Crippen LogP contribution in [0.15, 0.2) is 24.5 Å². The molecule has 0 unspecified atom stereocenters. The topological polar surface area (TPSA) is 56.1 Å². The van der Waals surface area contributed by atoms with Crippen LogP contribution in [-0.2, 0) is 4.74 Å². The molecule has 2 aromatic rings. The maximum absolute atomic E-state index is 12.0. The van der Waals surface area contributed by atoms with Crippen molar-refractivity contribution in [2.75, 3.05) is 20.3 Å². The van der Waals surface area contributed by atoms with Crippen LogP contribution in [0.3, 0.4) is 0 Å². The van der Waals surface area contributed by atoms with Crippen molar-refractivity contribution in [3.05, 3.63) is 30.1 Å². The van der Waals surface area contributed by atoms with Gasteiger partial charge in [-0.25, -0.2) is 4.98 Å². The van der Waals surface area contributed by atoms with Crippen molar-refractivity contribution in [3.63, 3.8) is 0 Å². The van der Waals surface area contributed by atoms with Crippen molar-refractivity contribution in [2.45, 2.75) is 26.3 Å². The maximum Gasteiger partial charge on any atom is 0.251 e. The SMILES string of the molecule is COCCCNC(=O)c1ccc2c(c1)ncn2C(C)C. The van der Waals surface area contributed by atoms with Crippen molar-refractivity contribution >= 4 is 16.9 Å². The zero-order chi connectivity index (χ0) is 14.5. The third-order valence-corrected chi connectivity index (χ3v) is 3.20. The van der Waals surface area contributed by atoms with Crippen molar-refractivity contribution in [2.24, 2.45) is 0 Å². The number of rotatable bonds is 6. The molecule has 0 saturated heterocycles. The van der Waals surface area contributed by atoms with Gasteiger partial charge in [-0.2, -0.15) is 0 Å². The minimum atomic E-state index is -0.0675. The van der Waals surface area contributed by atoms with E-state index < -0.39 is 0 Å². The summed E-state index contributed by atoms with van der Waals surface area (Å²) in [5.41, 5.74) is 2.54. The predicted molar refractivity (Wildman–Crippen MR) is 78.9 cm³/mol. The lowest BCUT2D eigenvalue weighted by Crippen LogP contribution is -2.25. The molecule has 5 heteroatoms. The molecule has 20 heavy (non-hydrogen) atoms. The van der Waals surface area contributed by atoms with Crippen molar-refractivity contribution in [1.29, 1.82) is 0 Å². The zero-order valence-electron chi connectivity index (χ0n) is 12.2. The third-order valence-electron chi connectivity index (χ3n) is 3.20. The number of amides is 1. The van der Waals surface area contributed by atoms with Crippen LogP contribution >= 0.6 is 0 Å². The molecule has 0 spiro atoms. The molecular formula is C15H21N3O2. The molecule has 0 radical (unpaired) electrons. The van der Waals surface area contributed by atoms with Crippen LogP contribution in [-0.4, -0.2) is 35.7 Å². The first-order valence-electron chi connectivity index (χ1n) is 6.87. The summed E-state index contributed by atoms with van der Waals surface area (Å²) < 4.78 is 7.04. The molecule has 0 atom stereocenters. The molecule has 1 heterocycles. The lowest BCUT2D eigenvalue weighted by atomic mass is 10.2. The Morgan fingerprint density at radius 3 is 2.95 bits per heavy atom. The van der Waals surface area contributed by atoms with Crippen LogP contribution < -0.4 is 5.32 Å². The van der Waals surface area contributed by atoms with E-state index in [-0.39, 0.29) is 5.91 Å². The molecule has 0 fully saturated rings. The van der Waals surface area contributed by atoms with Crippen molar-refractivity contribution < 1.29 is 9.53 Å². The van der Waals surface area contributed by atoms with Crippen LogP contribution in [0.4, 0.5) is 0 Å². The van der Waals surface area contributed by atoms with Gasteiger partial charge < -0.3 is 14.6 Å². The van der Waals surface area contributed by atoms with Gasteiger partial charge in [0.2, 0.25) is 0 Å². The summed E-state index contributed by atoms with van der Waals surface area (Å²) in [7, 11) is 1.65. The average Bonchev–Trinajstić information content (AvgIpc) is 2.86. The Kier molecular flexibility index (Phi) is 4.74. The summed E-state index contributed by atoms with van der Waals surface area (Å²) in [6.07, 6.45) is 2.63. The number of nitrogens with zero attached hydrogens (tertiary/aromatic N) is 2. The summed E-state index contributed by atoms with van der Waals surface area (Å²) >= 11 is 0. The highest BCUT2D eigenvalue weighted by Gasteiger charge is 2.10. The first-order chi connectivity index (χ1) is 9.63. The monoisotopic (exact) mass is 275 g/mol. The van der Waals surface area contributed by atoms with E-state index in [4.69, 9.17) is 4.74 Å². The van der Waals surface area contributed by atoms with Crippen molar-refractivity contribution in [1.82, 2.24) is 14.9 Å². The Morgan fingerprint density at radius 1 is 1.45 bits per heavy atom. The molecular weight excluding hydrogens is 254 g/mol. The molecule has 0 bridgehead atoms. The molecule has 0 aliphatic heterocycles. The Bertz CT molecular complexity index is 590. The lowest BCUT2D eigenvalue weighted by Gasteiger charge is -2.08. The quantitative estimate of drug-likeness (QED) is 0.823. The Balaban J connectivity index is 2.10. The molecule has 108 valence electrons. The standard InChI is InChI=1S/C15H21N3O2/c1-11(2)18-10-17-13-9-12(5-6-14(13)18)15(19)16-7-4-8-20-3/h5-6,9-11H,4,7-8H2,1-3H3,(H,16,19). The number of benzene rings is 1. The number of aromatic nitrogens is 2. The molecule has 0 aliphatic carbocycles. The van der Waals surface area contributed by atoms with E-state index >= 15 is 0 Å². The van der Waals surface area contributed by atoms with E-state index in [0.717, 1.165) is 17.5 Å². The van der Waals surface area contributed by atoms with Crippen LogP contribution in [0.5, 0.6) is 0 Å². The fraction of sp³-hybridized carbons (Fsp3) is 0.467. The van der Waals surface area contributed by atoms with Gasteiger partial charge in [0.15, 0.2) is 0 Å². The van der Waals surface area contributed by atoms with E-state index in [0.29, 0.717) is 24.8 Å². The Morgan fingerprint density at radius 2 is 2.25 bits per heavy atom. The number of ether oxygens (including phenoxy) is 1. The molecule has 0 saturated carbocycles. The summed E-state index contributed by atoms with van der Waals surface area (Å²) in [6.45, 7) is 5.48. The number of imidazole rings is 1. The minimum Gasteiger partial charge on any atom is -0.385 e. The van der Waals surface area contributed by atoms with E-state index in [9.17, 15) is 4.79 Å². The third kappa shape index (κ3) is 3.17. The number of carbonyl (C=O) groups is 1. The highest BCUT2D eigenvalue weighted by Crippen LogP contribution is 2.18. The number of methoxy groups -OCH3 is 1. The first kappa shape index (κ1) is 14.5. The average molecular weight is 275 g/mol. The van der Waals surface area contributed by atoms with Crippen LogP contribution in [0.25, 0.3) is 11.0 Å². The fourth-order valence-electron chi connectivity index (χ4n) is 2.11. The Hall–Kier alpha value is -1.88. The van der Waals surface area contributed by atoms with Crippen LogP contribution in [0.2, 0.25) is 0 Å². The summed E-state index contributed by atoms with van der Waals surface area (Å²) in [5, 5.41) is 2.87. The second-order valence-electron chi connectivity index (χ2n) is 5.05. The number of hydrogen-bond acceptors (Lipinski definition) is 3. The van der Waals surface area contributed by atoms with Gasteiger partial charge in [-0.15, -0.1) is 0 Å². The highest BCUT2D eigenvalue weighted by molar-refractivity contribution is 5.97. The lowest BCUT2D eigenvalue weighted by molar-refractivity contribution is 0.0948. The normalized spacial score (nSPS) is 11.2. The minimum absolute atomic E-state index is 0.0675. The van der Waals surface area contributed by atoms with Gasteiger partial charge in [-0.3, -0.25) is 4.79 Å². The molecule has 1 aromatic carbocycles. The fourth-order valence-corrected chi connectivity index (χ4v) is 2.11. The first-order valence-corrected chi connectivity index (χ1v) is 6.87. The van der Waals surface area contributed by atoms with Gasteiger partial charge in [-0.1, -0.05) is 0 Å². The zero-order valence-corrected chi connectivity index (χ0v) is 12.2. The summed E-state index contributed by atoms with van der Waals surface area (Å²) in [6, 6.07) is 5.98. The smallest absolute Gasteiger partial charge is 0.251 e. The van der Waals surface area contributed by atoms with Gasteiger partial charge in [0.1, 0.15) is 0 Å². The van der Waals surface area contributed by atoms with E-state index in [2.05, 4.69) is 28.7 Å². The number of nitrogens with one attached hydrogen (secondary N) is 1. The largest absolute Gasteiger partial charge is 0.385 e. The molecule has 2 rings (SSSR count).